The lowest BCUT2D eigenvalue weighted by Gasteiger charge is -2.15. The van der Waals surface area contributed by atoms with E-state index in [1.807, 2.05) is 6.92 Å². The molecule has 0 spiro atoms. The molecule has 2 rings (SSSR count). The van der Waals surface area contributed by atoms with E-state index in [-0.39, 0.29) is 17.9 Å². The van der Waals surface area contributed by atoms with Gasteiger partial charge in [-0.15, -0.1) is 0 Å². The Morgan fingerprint density at radius 3 is 2.89 bits per heavy atom. The second-order valence-corrected chi connectivity index (χ2v) is 4.30. The second-order valence-electron chi connectivity index (χ2n) is 3.96. The van der Waals surface area contributed by atoms with Gasteiger partial charge in [-0.25, -0.2) is 4.98 Å². The molecule has 0 saturated carbocycles. The predicted molar refractivity (Wildman–Crippen MR) is 71.4 cm³/mol. The van der Waals surface area contributed by atoms with E-state index >= 15 is 0 Å². The van der Waals surface area contributed by atoms with Crippen molar-refractivity contribution in [2.45, 2.75) is 25.8 Å². The molecule has 1 unspecified atom stereocenters. The van der Waals surface area contributed by atoms with Crippen LogP contribution in [0.2, 0.25) is 5.28 Å². The lowest BCUT2D eigenvalue weighted by molar-refractivity contribution is 0.278. The maximum atomic E-state index is 8.97. The Labute approximate surface area is 115 Å². The highest BCUT2D eigenvalue weighted by molar-refractivity contribution is 6.28. The van der Waals surface area contributed by atoms with E-state index in [0.717, 1.165) is 6.42 Å². The number of nitrogens with zero attached hydrogens (tertiary/aromatic N) is 5. The van der Waals surface area contributed by atoms with Crippen molar-refractivity contribution in [1.29, 1.82) is 0 Å². The van der Waals surface area contributed by atoms with Crippen molar-refractivity contribution in [2.75, 3.05) is 11.9 Å². The van der Waals surface area contributed by atoms with Crippen LogP contribution >= 0.6 is 11.6 Å². The molecule has 2 heterocycles. The number of imidazole rings is 1. The Morgan fingerprint density at radius 2 is 2.26 bits per heavy atom. The summed E-state index contributed by atoms with van der Waals surface area (Å²) in [4.78, 5) is 16.3. The Hall–Kier alpha value is -1.73. The molecule has 2 N–H and O–H groups in total. The van der Waals surface area contributed by atoms with Gasteiger partial charge in [0.1, 0.15) is 6.33 Å². The molecule has 8 heteroatoms. The number of hydrogen-bond acceptors (Lipinski definition) is 6. The van der Waals surface area contributed by atoms with Crippen LogP contribution in [0.15, 0.2) is 18.7 Å². The lowest BCUT2D eigenvalue weighted by atomic mass is 10.2. The molecule has 0 fully saturated rings. The largest absolute Gasteiger partial charge is 0.396 e. The van der Waals surface area contributed by atoms with Crippen LogP contribution in [-0.2, 0) is 0 Å². The average molecular weight is 283 g/mol. The van der Waals surface area contributed by atoms with Gasteiger partial charge in [0.2, 0.25) is 17.2 Å². The topological polar surface area (TPSA) is 88.8 Å². The first kappa shape index (κ1) is 13.7. The van der Waals surface area contributed by atoms with Gasteiger partial charge in [-0.3, -0.25) is 4.57 Å². The van der Waals surface area contributed by atoms with Gasteiger partial charge in [0, 0.05) is 25.0 Å². The van der Waals surface area contributed by atoms with E-state index in [1.165, 1.54) is 0 Å². The normalized spacial score (nSPS) is 12.4. The average Bonchev–Trinajstić information content (AvgIpc) is 2.91. The molecule has 0 aromatic carbocycles. The molecular formula is C11H15ClN6O. The molecule has 7 nitrogen and oxygen atoms in total. The molecular weight excluding hydrogens is 268 g/mol. The summed E-state index contributed by atoms with van der Waals surface area (Å²) in [5.74, 6) is 0.794. The van der Waals surface area contributed by atoms with E-state index in [9.17, 15) is 0 Å². The third kappa shape index (κ3) is 3.62. The fourth-order valence-electron chi connectivity index (χ4n) is 1.61. The second kappa shape index (κ2) is 6.44. The Kier molecular flexibility index (Phi) is 4.64. The lowest BCUT2D eigenvalue weighted by Crippen LogP contribution is -2.22. The minimum absolute atomic E-state index is 0.0964. The first-order valence-electron chi connectivity index (χ1n) is 6.00. The van der Waals surface area contributed by atoms with E-state index in [4.69, 9.17) is 16.7 Å². The highest BCUT2D eigenvalue weighted by atomic mass is 35.5. The van der Waals surface area contributed by atoms with Gasteiger partial charge in [-0.2, -0.15) is 15.0 Å². The summed E-state index contributed by atoms with van der Waals surface area (Å²) in [7, 11) is 0. The summed E-state index contributed by atoms with van der Waals surface area (Å²) in [5.41, 5.74) is 0. The number of hydrogen-bond donors (Lipinski definition) is 2. The number of anilines is 1. The van der Waals surface area contributed by atoms with Crippen LogP contribution in [0.25, 0.3) is 5.95 Å². The van der Waals surface area contributed by atoms with Crippen molar-refractivity contribution in [3.8, 4) is 5.95 Å². The van der Waals surface area contributed by atoms with Gasteiger partial charge in [0.25, 0.3) is 0 Å². The highest BCUT2D eigenvalue weighted by Gasteiger charge is 2.10. The summed E-state index contributed by atoms with van der Waals surface area (Å²) in [6.07, 6.45) is 6.41. The van der Waals surface area contributed by atoms with Crippen molar-refractivity contribution < 1.29 is 5.11 Å². The molecule has 102 valence electrons. The molecule has 1 atom stereocenters. The summed E-state index contributed by atoms with van der Waals surface area (Å²) in [6, 6.07) is 0.0964. The minimum Gasteiger partial charge on any atom is -0.396 e. The molecule has 0 aliphatic carbocycles. The zero-order valence-electron chi connectivity index (χ0n) is 10.5. The van der Waals surface area contributed by atoms with Crippen molar-refractivity contribution in [1.82, 2.24) is 24.5 Å². The van der Waals surface area contributed by atoms with Gasteiger partial charge in [0.05, 0.1) is 0 Å². The van der Waals surface area contributed by atoms with Gasteiger partial charge >= 0.3 is 0 Å². The maximum Gasteiger partial charge on any atom is 0.241 e. The van der Waals surface area contributed by atoms with E-state index < -0.39 is 0 Å². The summed E-state index contributed by atoms with van der Waals surface area (Å²) >= 11 is 5.89. The summed E-state index contributed by atoms with van der Waals surface area (Å²) in [5, 5.41) is 12.2. The number of halogens is 1. The van der Waals surface area contributed by atoms with Crippen molar-refractivity contribution in [3.63, 3.8) is 0 Å². The standard InChI is InChI=1S/C11H15ClN6O/c1-2-8(3-6-19)14-10-15-9(12)16-11(17-10)18-5-4-13-7-18/h4-5,7-8,19H,2-3,6H2,1H3,(H,14,15,16,17). The quantitative estimate of drug-likeness (QED) is 0.830. The molecule has 0 bridgehead atoms. The van der Waals surface area contributed by atoms with Crippen molar-refractivity contribution in [3.05, 3.63) is 24.0 Å². The first-order valence-corrected chi connectivity index (χ1v) is 6.38. The van der Waals surface area contributed by atoms with E-state index in [2.05, 4.69) is 25.3 Å². The van der Waals surface area contributed by atoms with Gasteiger partial charge in [-0.1, -0.05) is 6.92 Å². The smallest absolute Gasteiger partial charge is 0.241 e. The van der Waals surface area contributed by atoms with E-state index in [0.29, 0.717) is 18.3 Å². The highest BCUT2D eigenvalue weighted by Crippen LogP contribution is 2.12. The third-order valence-corrected chi connectivity index (χ3v) is 2.80. The fourth-order valence-corrected chi connectivity index (χ4v) is 1.77. The van der Waals surface area contributed by atoms with Crippen LogP contribution < -0.4 is 5.32 Å². The van der Waals surface area contributed by atoms with Crippen LogP contribution in [0.1, 0.15) is 19.8 Å². The number of nitrogens with one attached hydrogen (secondary N) is 1. The molecule has 2 aromatic heterocycles. The van der Waals surface area contributed by atoms with Crippen molar-refractivity contribution in [2.24, 2.45) is 0 Å². The van der Waals surface area contributed by atoms with Crippen LogP contribution in [0.5, 0.6) is 0 Å². The van der Waals surface area contributed by atoms with Crippen LogP contribution in [0.3, 0.4) is 0 Å². The number of aromatic nitrogens is 5. The predicted octanol–water partition coefficient (Wildman–Crippen LogP) is 1.28. The van der Waals surface area contributed by atoms with Crippen LogP contribution in [0.4, 0.5) is 5.95 Å². The number of aliphatic hydroxyl groups is 1. The first-order chi connectivity index (χ1) is 9.22. The molecule has 0 aliphatic heterocycles. The molecule has 0 aliphatic rings. The van der Waals surface area contributed by atoms with Crippen LogP contribution in [0, 0.1) is 0 Å². The van der Waals surface area contributed by atoms with Gasteiger partial charge in [0.15, 0.2) is 0 Å². The Bertz CT molecular complexity index is 518. The monoisotopic (exact) mass is 282 g/mol. The molecule has 0 amide bonds. The van der Waals surface area contributed by atoms with Gasteiger partial charge < -0.3 is 10.4 Å². The molecule has 0 radical (unpaired) electrons. The van der Waals surface area contributed by atoms with E-state index in [1.54, 1.807) is 23.3 Å². The molecule has 0 saturated heterocycles. The fraction of sp³-hybridized carbons (Fsp3) is 0.455. The minimum atomic E-state index is 0.0964. The zero-order chi connectivity index (χ0) is 13.7. The molecule has 2 aromatic rings. The van der Waals surface area contributed by atoms with Gasteiger partial charge in [-0.05, 0) is 24.4 Å². The zero-order valence-corrected chi connectivity index (χ0v) is 11.2. The van der Waals surface area contributed by atoms with Crippen LogP contribution in [-0.4, -0.2) is 42.3 Å². The summed E-state index contributed by atoms with van der Waals surface area (Å²) < 4.78 is 1.64. The maximum absolute atomic E-state index is 8.97. The Balaban J connectivity index is 2.21. The van der Waals surface area contributed by atoms with Crippen molar-refractivity contribution >= 4 is 17.5 Å². The number of aliphatic hydroxyl groups excluding tert-OH is 1. The number of rotatable bonds is 6. The third-order valence-electron chi connectivity index (χ3n) is 2.64. The Morgan fingerprint density at radius 1 is 1.42 bits per heavy atom. The SMILES string of the molecule is CCC(CCO)Nc1nc(Cl)nc(-n2ccnc2)n1. The summed E-state index contributed by atoms with van der Waals surface area (Å²) in [6.45, 7) is 2.13. The molecule has 19 heavy (non-hydrogen) atoms.